The number of hydrogen-bond donors (Lipinski definition) is 0. The molecular formula is C15H28O3. The molecule has 0 spiro atoms. The summed E-state index contributed by atoms with van der Waals surface area (Å²) in [6, 6.07) is 0. The lowest BCUT2D eigenvalue weighted by molar-refractivity contribution is -0.164. The first kappa shape index (κ1) is 15.5. The Balaban J connectivity index is 2.87. The summed E-state index contributed by atoms with van der Waals surface area (Å²) in [5, 5.41) is 0. The van der Waals surface area contributed by atoms with Crippen molar-refractivity contribution >= 4 is 5.97 Å². The normalized spacial score (nSPS) is 19.7. The Morgan fingerprint density at radius 2 is 1.94 bits per heavy atom. The maximum Gasteiger partial charge on any atom is 0.314 e. The smallest absolute Gasteiger partial charge is 0.314 e. The van der Waals surface area contributed by atoms with Crippen molar-refractivity contribution in [2.75, 3.05) is 20.3 Å². The lowest BCUT2D eigenvalue weighted by atomic mass is 9.71. The third-order valence-corrected chi connectivity index (χ3v) is 4.20. The summed E-state index contributed by atoms with van der Waals surface area (Å²) < 4.78 is 10.7. The zero-order chi connectivity index (χ0) is 13.4. The number of carbonyl (C=O) groups is 1. The van der Waals surface area contributed by atoms with Crippen molar-refractivity contribution in [3.63, 3.8) is 0 Å². The van der Waals surface area contributed by atoms with Crippen molar-refractivity contribution < 1.29 is 14.3 Å². The Bertz CT molecular complexity index is 246. The first-order chi connectivity index (χ1) is 8.71. The van der Waals surface area contributed by atoms with E-state index in [2.05, 4.69) is 6.92 Å². The van der Waals surface area contributed by atoms with Crippen LogP contribution in [0.3, 0.4) is 0 Å². The van der Waals surface area contributed by atoms with Gasteiger partial charge >= 0.3 is 5.97 Å². The summed E-state index contributed by atoms with van der Waals surface area (Å²) in [5.74, 6) is 0.412. The zero-order valence-corrected chi connectivity index (χ0v) is 12.2. The fraction of sp³-hybridized carbons (Fsp3) is 0.933. The molecule has 0 heterocycles. The van der Waals surface area contributed by atoms with E-state index < -0.39 is 5.41 Å². The molecular weight excluding hydrogens is 228 g/mol. The summed E-state index contributed by atoms with van der Waals surface area (Å²) >= 11 is 0. The summed E-state index contributed by atoms with van der Waals surface area (Å²) in [5.41, 5.74) is -0.392. The maximum atomic E-state index is 12.4. The van der Waals surface area contributed by atoms with Crippen molar-refractivity contribution in [1.82, 2.24) is 0 Å². The fourth-order valence-electron chi connectivity index (χ4n) is 3.22. The Hall–Kier alpha value is -0.570. The number of methoxy groups -OCH3 is 1. The molecule has 0 amide bonds. The van der Waals surface area contributed by atoms with Gasteiger partial charge in [-0.15, -0.1) is 0 Å². The third kappa shape index (κ3) is 3.47. The monoisotopic (exact) mass is 256 g/mol. The van der Waals surface area contributed by atoms with E-state index >= 15 is 0 Å². The Morgan fingerprint density at radius 3 is 2.44 bits per heavy atom. The lowest BCUT2D eigenvalue weighted by Gasteiger charge is -2.36. The van der Waals surface area contributed by atoms with Crippen LogP contribution in [0.15, 0.2) is 0 Å². The first-order valence-electron chi connectivity index (χ1n) is 7.37. The Kier molecular flexibility index (Phi) is 6.69. The van der Waals surface area contributed by atoms with Crippen molar-refractivity contribution in [3.05, 3.63) is 0 Å². The second-order valence-corrected chi connectivity index (χ2v) is 5.39. The van der Waals surface area contributed by atoms with Gasteiger partial charge in [0.15, 0.2) is 0 Å². The summed E-state index contributed by atoms with van der Waals surface area (Å²) in [6.07, 6.45) is 7.85. The van der Waals surface area contributed by atoms with Crippen molar-refractivity contribution in [3.8, 4) is 0 Å². The molecule has 0 aliphatic heterocycles. The van der Waals surface area contributed by atoms with Crippen molar-refractivity contribution in [2.24, 2.45) is 11.3 Å². The van der Waals surface area contributed by atoms with Crippen LogP contribution in [0.2, 0.25) is 0 Å². The lowest BCUT2D eigenvalue weighted by Crippen LogP contribution is -2.43. The molecule has 0 radical (unpaired) electrons. The predicted octanol–water partition coefficient (Wildman–Crippen LogP) is 3.56. The molecule has 1 saturated carbocycles. The molecule has 0 aromatic rings. The maximum absolute atomic E-state index is 12.4. The largest absolute Gasteiger partial charge is 0.465 e. The topological polar surface area (TPSA) is 35.5 Å². The van der Waals surface area contributed by atoms with Gasteiger partial charge in [-0.1, -0.05) is 32.6 Å². The number of ether oxygens (including phenoxy) is 2. The van der Waals surface area contributed by atoms with Crippen LogP contribution in [0.25, 0.3) is 0 Å². The van der Waals surface area contributed by atoms with E-state index in [4.69, 9.17) is 9.47 Å². The highest BCUT2D eigenvalue weighted by Gasteiger charge is 2.47. The van der Waals surface area contributed by atoms with Crippen LogP contribution in [0, 0.1) is 11.3 Å². The minimum atomic E-state index is -0.392. The summed E-state index contributed by atoms with van der Waals surface area (Å²) in [7, 11) is 1.69. The van der Waals surface area contributed by atoms with Crippen LogP contribution < -0.4 is 0 Å². The third-order valence-electron chi connectivity index (χ3n) is 4.20. The highest BCUT2D eigenvalue weighted by atomic mass is 16.5. The minimum Gasteiger partial charge on any atom is -0.465 e. The van der Waals surface area contributed by atoms with Crippen LogP contribution in [0.4, 0.5) is 0 Å². The van der Waals surface area contributed by atoms with Crippen molar-refractivity contribution in [1.29, 1.82) is 0 Å². The first-order valence-corrected chi connectivity index (χ1v) is 7.37. The molecule has 18 heavy (non-hydrogen) atoms. The number of esters is 1. The number of carbonyl (C=O) groups excluding carboxylic acids is 1. The molecule has 1 aliphatic rings. The van der Waals surface area contributed by atoms with Gasteiger partial charge in [-0.05, 0) is 32.1 Å². The van der Waals surface area contributed by atoms with Gasteiger partial charge in [-0.3, -0.25) is 4.79 Å². The van der Waals surface area contributed by atoms with Gasteiger partial charge in [0.1, 0.15) is 0 Å². The molecule has 1 fully saturated rings. The molecule has 0 saturated heterocycles. The highest BCUT2D eigenvalue weighted by Crippen LogP contribution is 2.44. The van der Waals surface area contributed by atoms with E-state index in [1.807, 2.05) is 6.92 Å². The number of unbranched alkanes of at least 4 members (excludes halogenated alkanes) is 1. The fourth-order valence-corrected chi connectivity index (χ4v) is 3.22. The average Bonchev–Trinajstić information content (AvgIpc) is 2.89. The molecule has 0 N–H and O–H groups in total. The van der Waals surface area contributed by atoms with E-state index in [-0.39, 0.29) is 5.97 Å². The Labute approximate surface area is 111 Å². The molecule has 1 unspecified atom stereocenters. The zero-order valence-electron chi connectivity index (χ0n) is 12.2. The van der Waals surface area contributed by atoms with E-state index in [1.165, 1.54) is 12.8 Å². The van der Waals surface area contributed by atoms with Crippen LogP contribution in [0.1, 0.15) is 58.8 Å². The molecule has 3 heteroatoms. The average molecular weight is 256 g/mol. The summed E-state index contributed by atoms with van der Waals surface area (Å²) in [4.78, 5) is 12.4. The second kappa shape index (κ2) is 7.78. The van der Waals surface area contributed by atoms with Gasteiger partial charge in [0.25, 0.3) is 0 Å². The summed E-state index contributed by atoms with van der Waals surface area (Å²) in [6.45, 7) is 5.01. The highest BCUT2D eigenvalue weighted by molar-refractivity contribution is 5.77. The number of rotatable bonds is 8. The molecule has 0 bridgehead atoms. The number of hydrogen-bond acceptors (Lipinski definition) is 3. The van der Waals surface area contributed by atoms with Gasteiger partial charge in [0.05, 0.1) is 18.6 Å². The molecule has 0 aromatic carbocycles. The molecule has 1 aliphatic carbocycles. The standard InChI is InChI=1S/C15H28O3/c1-4-6-11-15(12-17-3,14(16)18-5-2)13-9-7-8-10-13/h13H,4-12H2,1-3H3. The Morgan fingerprint density at radius 1 is 1.28 bits per heavy atom. The minimum absolute atomic E-state index is 0.0350. The van der Waals surface area contributed by atoms with Gasteiger partial charge in [-0.25, -0.2) is 0 Å². The predicted molar refractivity (Wildman–Crippen MR) is 72.4 cm³/mol. The van der Waals surface area contributed by atoms with E-state index in [9.17, 15) is 4.79 Å². The van der Waals surface area contributed by atoms with Crippen LogP contribution >= 0.6 is 0 Å². The van der Waals surface area contributed by atoms with Gasteiger partial charge in [0, 0.05) is 7.11 Å². The second-order valence-electron chi connectivity index (χ2n) is 5.39. The van der Waals surface area contributed by atoms with E-state index in [0.717, 1.165) is 32.1 Å². The molecule has 1 atom stereocenters. The van der Waals surface area contributed by atoms with Gasteiger partial charge in [-0.2, -0.15) is 0 Å². The SMILES string of the molecule is CCCCC(COC)(C(=O)OCC)C1CCCC1. The molecule has 3 nitrogen and oxygen atoms in total. The van der Waals surface area contributed by atoms with Crippen LogP contribution in [-0.2, 0) is 14.3 Å². The van der Waals surface area contributed by atoms with Crippen LogP contribution in [0.5, 0.6) is 0 Å². The van der Waals surface area contributed by atoms with E-state index in [0.29, 0.717) is 19.1 Å². The quantitative estimate of drug-likeness (QED) is 0.623. The van der Waals surface area contributed by atoms with Gasteiger partial charge < -0.3 is 9.47 Å². The molecule has 0 aromatic heterocycles. The van der Waals surface area contributed by atoms with Gasteiger partial charge in [0.2, 0.25) is 0 Å². The van der Waals surface area contributed by atoms with E-state index in [1.54, 1.807) is 7.11 Å². The molecule has 106 valence electrons. The van der Waals surface area contributed by atoms with Crippen molar-refractivity contribution in [2.45, 2.75) is 58.8 Å². The van der Waals surface area contributed by atoms with Crippen LogP contribution in [-0.4, -0.2) is 26.3 Å². The molecule has 1 rings (SSSR count).